The summed E-state index contributed by atoms with van der Waals surface area (Å²) >= 11 is 0. The van der Waals surface area contributed by atoms with Gasteiger partial charge < -0.3 is 4.90 Å². The first-order chi connectivity index (χ1) is 12.8. The lowest BCUT2D eigenvalue weighted by Crippen LogP contribution is -2.35. The number of carbonyl (C=O) groups excluding carboxylic acids is 1. The van der Waals surface area contributed by atoms with Crippen molar-refractivity contribution in [2.24, 2.45) is 0 Å². The molecule has 1 aliphatic heterocycles. The molecule has 1 aliphatic rings. The molecule has 2 aromatic heterocycles. The van der Waals surface area contributed by atoms with Crippen LogP contribution >= 0.6 is 0 Å². The van der Waals surface area contributed by atoms with E-state index in [0.717, 1.165) is 34.5 Å². The Morgan fingerprint density at radius 3 is 2.54 bits per heavy atom. The molecule has 0 unspecified atom stereocenters. The predicted octanol–water partition coefficient (Wildman–Crippen LogP) is 3.28. The van der Waals surface area contributed by atoms with Gasteiger partial charge in [0, 0.05) is 35.6 Å². The van der Waals surface area contributed by atoms with Gasteiger partial charge in [0.05, 0.1) is 17.9 Å². The van der Waals surface area contributed by atoms with Gasteiger partial charge in [0.25, 0.3) is 0 Å². The molecule has 0 N–H and O–H groups in total. The third kappa shape index (κ3) is 2.99. The van der Waals surface area contributed by atoms with Crippen LogP contribution in [0, 0.1) is 0 Å². The van der Waals surface area contributed by atoms with Crippen molar-refractivity contribution in [3.05, 3.63) is 78.8 Å². The Morgan fingerprint density at radius 1 is 1.04 bits per heavy atom. The van der Waals surface area contributed by atoms with Crippen molar-refractivity contribution in [3.63, 3.8) is 0 Å². The van der Waals surface area contributed by atoms with E-state index in [1.54, 1.807) is 17.3 Å². The lowest BCUT2D eigenvalue weighted by molar-refractivity contribution is -0.126. The molecule has 3 heterocycles. The van der Waals surface area contributed by atoms with Crippen LogP contribution in [0.15, 0.2) is 67.5 Å². The molecule has 26 heavy (non-hydrogen) atoms. The summed E-state index contributed by atoms with van der Waals surface area (Å²) in [5.41, 5.74) is 4.88. The van der Waals surface area contributed by atoms with E-state index < -0.39 is 0 Å². The Balaban J connectivity index is 1.86. The molecule has 0 fully saturated rings. The van der Waals surface area contributed by atoms with Gasteiger partial charge in [-0.05, 0) is 24.6 Å². The van der Waals surface area contributed by atoms with Crippen molar-refractivity contribution in [2.45, 2.75) is 13.0 Å². The molecule has 5 nitrogen and oxygen atoms in total. The van der Waals surface area contributed by atoms with E-state index in [2.05, 4.69) is 11.6 Å². The van der Waals surface area contributed by atoms with Crippen molar-refractivity contribution in [1.29, 1.82) is 0 Å². The van der Waals surface area contributed by atoms with Gasteiger partial charge in [0.15, 0.2) is 5.82 Å². The highest BCUT2D eigenvalue weighted by Gasteiger charge is 2.25. The van der Waals surface area contributed by atoms with Crippen molar-refractivity contribution in [1.82, 2.24) is 19.9 Å². The van der Waals surface area contributed by atoms with Crippen LogP contribution in [0.2, 0.25) is 0 Å². The molecule has 0 radical (unpaired) electrons. The molecule has 0 bridgehead atoms. The average molecular weight is 342 g/mol. The molecular formula is C21H18N4O. The molecular weight excluding hydrogens is 324 g/mol. The monoisotopic (exact) mass is 342 g/mol. The quantitative estimate of drug-likeness (QED) is 0.686. The fourth-order valence-electron chi connectivity index (χ4n) is 3.21. The summed E-state index contributed by atoms with van der Waals surface area (Å²) < 4.78 is 0. The Kier molecular flexibility index (Phi) is 4.27. The Hall–Kier alpha value is -3.34. The summed E-state index contributed by atoms with van der Waals surface area (Å²) in [5, 5.41) is 0. The first-order valence-corrected chi connectivity index (χ1v) is 8.53. The average Bonchev–Trinajstić information content (AvgIpc) is 2.73. The Bertz CT molecular complexity index is 955. The molecule has 4 rings (SSSR count). The predicted molar refractivity (Wildman–Crippen MR) is 100 cm³/mol. The second-order valence-electron chi connectivity index (χ2n) is 6.14. The van der Waals surface area contributed by atoms with Crippen LogP contribution in [-0.2, 0) is 17.8 Å². The third-order valence-electron chi connectivity index (χ3n) is 4.54. The van der Waals surface area contributed by atoms with Crippen molar-refractivity contribution < 1.29 is 4.79 Å². The van der Waals surface area contributed by atoms with E-state index in [1.165, 1.54) is 6.08 Å². The number of fused-ring (bicyclic) bond motifs is 1. The Labute approximate surface area is 152 Å². The standard InChI is InChI=1S/C21H18N4O/c1-2-19(26)25-13-10-17-18(14-25)23-21(16-6-4-3-5-7-16)24-20(17)15-8-11-22-12-9-15/h2-9,11-12H,1,10,13-14H2. The molecule has 1 amide bonds. The maximum atomic E-state index is 12.0. The van der Waals surface area contributed by atoms with Crippen LogP contribution in [0.3, 0.4) is 0 Å². The smallest absolute Gasteiger partial charge is 0.246 e. The van der Waals surface area contributed by atoms with Crippen LogP contribution in [0.5, 0.6) is 0 Å². The van der Waals surface area contributed by atoms with Gasteiger partial charge in [-0.2, -0.15) is 0 Å². The summed E-state index contributed by atoms with van der Waals surface area (Å²) in [6, 6.07) is 13.8. The van der Waals surface area contributed by atoms with Crippen LogP contribution in [0.25, 0.3) is 22.6 Å². The Morgan fingerprint density at radius 2 is 1.81 bits per heavy atom. The highest BCUT2D eigenvalue weighted by atomic mass is 16.2. The normalized spacial score (nSPS) is 13.2. The molecule has 5 heteroatoms. The van der Waals surface area contributed by atoms with Gasteiger partial charge in [0.2, 0.25) is 5.91 Å². The molecule has 128 valence electrons. The maximum Gasteiger partial charge on any atom is 0.246 e. The van der Waals surface area contributed by atoms with Gasteiger partial charge in [0.1, 0.15) is 0 Å². The second kappa shape index (κ2) is 6.88. The number of benzene rings is 1. The van der Waals surface area contributed by atoms with Gasteiger partial charge in [-0.3, -0.25) is 9.78 Å². The zero-order chi connectivity index (χ0) is 17.9. The van der Waals surface area contributed by atoms with E-state index in [0.29, 0.717) is 18.9 Å². The number of pyridine rings is 1. The zero-order valence-electron chi connectivity index (χ0n) is 14.3. The van der Waals surface area contributed by atoms with Crippen LogP contribution in [-0.4, -0.2) is 32.3 Å². The van der Waals surface area contributed by atoms with Crippen LogP contribution in [0.4, 0.5) is 0 Å². The molecule has 0 saturated carbocycles. The van der Waals surface area contributed by atoms with E-state index in [-0.39, 0.29) is 5.91 Å². The fourth-order valence-corrected chi connectivity index (χ4v) is 3.21. The SMILES string of the molecule is C=CC(=O)N1CCc2c(nc(-c3ccccc3)nc2-c2ccncc2)C1. The van der Waals surface area contributed by atoms with Gasteiger partial charge >= 0.3 is 0 Å². The van der Waals surface area contributed by atoms with E-state index >= 15 is 0 Å². The number of hydrogen-bond donors (Lipinski definition) is 0. The lowest BCUT2D eigenvalue weighted by Gasteiger charge is -2.28. The van der Waals surface area contributed by atoms with Crippen LogP contribution in [0.1, 0.15) is 11.3 Å². The minimum absolute atomic E-state index is 0.0685. The van der Waals surface area contributed by atoms with Crippen molar-refractivity contribution in [2.75, 3.05) is 6.54 Å². The summed E-state index contributed by atoms with van der Waals surface area (Å²) in [6.07, 6.45) is 5.61. The number of hydrogen-bond acceptors (Lipinski definition) is 4. The molecule has 1 aromatic carbocycles. The highest BCUT2D eigenvalue weighted by Crippen LogP contribution is 2.30. The fraction of sp³-hybridized carbons (Fsp3) is 0.143. The minimum atomic E-state index is -0.0685. The van der Waals surface area contributed by atoms with E-state index in [9.17, 15) is 4.79 Å². The van der Waals surface area contributed by atoms with Crippen molar-refractivity contribution in [3.8, 4) is 22.6 Å². The summed E-state index contributed by atoms with van der Waals surface area (Å²) in [4.78, 5) is 27.6. The van der Waals surface area contributed by atoms with Gasteiger partial charge in [-0.25, -0.2) is 9.97 Å². The minimum Gasteiger partial charge on any atom is -0.333 e. The molecule has 3 aromatic rings. The molecule has 0 spiro atoms. The topological polar surface area (TPSA) is 59.0 Å². The van der Waals surface area contributed by atoms with E-state index in [4.69, 9.17) is 9.97 Å². The number of carbonyl (C=O) groups is 1. The van der Waals surface area contributed by atoms with E-state index in [1.807, 2.05) is 42.5 Å². The van der Waals surface area contributed by atoms with Gasteiger partial charge in [-0.1, -0.05) is 36.9 Å². The first kappa shape index (κ1) is 16.1. The molecule has 0 aliphatic carbocycles. The summed E-state index contributed by atoms with van der Waals surface area (Å²) in [6.45, 7) is 4.71. The number of amides is 1. The molecule has 0 atom stereocenters. The second-order valence-corrected chi connectivity index (χ2v) is 6.14. The lowest BCUT2D eigenvalue weighted by atomic mass is 9.98. The third-order valence-corrected chi connectivity index (χ3v) is 4.54. The van der Waals surface area contributed by atoms with Crippen molar-refractivity contribution >= 4 is 5.91 Å². The zero-order valence-corrected chi connectivity index (χ0v) is 14.3. The number of nitrogens with zero attached hydrogens (tertiary/aromatic N) is 4. The summed E-state index contributed by atoms with van der Waals surface area (Å²) in [5.74, 6) is 0.602. The number of aromatic nitrogens is 3. The largest absolute Gasteiger partial charge is 0.333 e. The van der Waals surface area contributed by atoms with Crippen LogP contribution < -0.4 is 0 Å². The first-order valence-electron chi connectivity index (χ1n) is 8.53. The van der Waals surface area contributed by atoms with Gasteiger partial charge in [-0.15, -0.1) is 0 Å². The molecule has 0 saturated heterocycles. The summed E-state index contributed by atoms with van der Waals surface area (Å²) in [7, 11) is 0. The number of rotatable bonds is 3. The maximum absolute atomic E-state index is 12.0. The highest BCUT2D eigenvalue weighted by molar-refractivity contribution is 5.87.